The number of benzene rings is 2. The first kappa shape index (κ1) is 20.1. The molecule has 5 heteroatoms. The molecule has 0 radical (unpaired) electrons. The molecule has 2 fully saturated rings. The molecule has 2 aliphatic heterocycles. The Labute approximate surface area is 166 Å². The summed E-state index contributed by atoms with van der Waals surface area (Å²) in [6.07, 6.45) is 4.99. The summed E-state index contributed by atoms with van der Waals surface area (Å²) in [6.45, 7) is 4.06. The fourth-order valence-corrected chi connectivity index (χ4v) is 3.39. The van der Waals surface area contributed by atoms with Crippen molar-refractivity contribution >= 4 is 23.2 Å². The molecule has 0 unspecified atom stereocenters. The Morgan fingerprint density at radius 1 is 0.821 bits per heavy atom. The fraction of sp³-hybridized carbons (Fsp3) is 0.391. The molecule has 28 heavy (non-hydrogen) atoms. The van der Waals surface area contributed by atoms with E-state index < -0.39 is 5.92 Å². The summed E-state index contributed by atoms with van der Waals surface area (Å²) in [6, 6.07) is 18.7. The molecule has 2 saturated heterocycles. The lowest BCUT2D eigenvalue weighted by Gasteiger charge is -2.27. The van der Waals surface area contributed by atoms with E-state index in [1.807, 2.05) is 60.7 Å². The zero-order valence-electron chi connectivity index (χ0n) is 16.4. The minimum absolute atomic E-state index is 0.140. The standard InChI is InChI=1S/C19H20N2O2.C4H8O/c1-2-3-14-17-18(22)20(15-10-6-4-7-11-15)21(19(17)23)16-12-8-5-9-13-16;1-2-4-5-3-1/h4-13,17H,2-3,14H2,1H3;1-4H2. The second kappa shape index (κ2) is 10.0. The molecule has 0 N–H and O–H groups in total. The van der Waals surface area contributed by atoms with Gasteiger partial charge in [0.25, 0.3) is 11.8 Å². The van der Waals surface area contributed by atoms with Crippen molar-refractivity contribution in [1.29, 1.82) is 0 Å². The maximum atomic E-state index is 12.9. The first-order valence-electron chi connectivity index (χ1n) is 10.1. The maximum absolute atomic E-state index is 12.9. The average molecular weight is 380 g/mol. The van der Waals surface area contributed by atoms with E-state index >= 15 is 0 Å². The van der Waals surface area contributed by atoms with Crippen LogP contribution in [0.3, 0.4) is 0 Å². The number of hydrogen-bond donors (Lipinski definition) is 0. The lowest BCUT2D eigenvalue weighted by molar-refractivity contribution is -0.127. The summed E-state index contributed by atoms with van der Waals surface area (Å²) in [5.74, 6) is -0.868. The Hall–Kier alpha value is -2.66. The van der Waals surface area contributed by atoms with Gasteiger partial charge >= 0.3 is 0 Å². The van der Waals surface area contributed by atoms with Gasteiger partial charge in [-0.15, -0.1) is 0 Å². The molecule has 2 amide bonds. The van der Waals surface area contributed by atoms with Gasteiger partial charge in [-0.05, 0) is 43.5 Å². The Bertz CT molecular complexity index is 695. The summed E-state index contributed by atoms with van der Waals surface area (Å²) in [7, 11) is 0. The average Bonchev–Trinajstić information content (AvgIpc) is 3.39. The molecule has 148 valence electrons. The predicted molar refractivity (Wildman–Crippen MR) is 111 cm³/mol. The highest BCUT2D eigenvalue weighted by Gasteiger charge is 2.46. The molecule has 0 aliphatic carbocycles. The lowest BCUT2D eigenvalue weighted by atomic mass is 10.0. The van der Waals surface area contributed by atoms with Crippen molar-refractivity contribution in [2.45, 2.75) is 39.0 Å². The van der Waals surface area contributed by atoms with Crippen LogP contribution in [-0.4, -0.2) is 25.0 Å². The molecule has 2 aromatic carbocycles. The van der Waals surface area contributed by atoms with Crippen LogP contribution in [0, 0.1) is 5.92 Å². The van der Waals surface area contributed by atoms with Crippen LogP contribution < -0.4 is 10.0 Å². The van der Waals surface area contributed by atoms with E-state index in [0.717, 1.165) is 26.1 Å². The van der Waals surface area contributed by atoms with Crippen LogP contribution in [0.1, 0.15) is 39.0 Å². The van der Waals surface area contributed by atoms with Gasteiger partial charge < -0.3 is 4.74 Å². The van der Waals surface area contributed by atoms with E-state index in [9.17, 15) is 9.59 Å². The first-order chi connectivity index (χ1) is 13.7. The highest BCUT2D eigenvalue weighted by atomic mass is 16.5. The van der Waals surface area contributed by atoms with Crippen LogP contribution in [0.4, 0.5) is 11.4 Å². The van der Waals surface area contributed by atoms with Gasteiger partial charge in [0, 0.05) is 13.2 Å². The highest BCUT2D eigenvalue weighted by molar-refractivity contribution is 6.22. The van der Waals surface area contributed by atoms with E-state index in [0.29, 0.717) is 17.8 Å². The summed E-state index contributed by atoms with van der Waals surface area (Å²) in [5, 5.41) is 3.02. The zero-order valence-corrected chi connectivity index (χ0v) is 16.4. The Balaban J connectivity index is 0.000000391. The number of anilines is 2. The number of amides is 2. The van der Waals surface area contributed by atoms with Crippen molar-refractivity contribution in [2.24, 2.45) is 5.92 Å². The van der Waals surface area contributed by atoms with Gasteiger partial charge in [0.05, 0.1) is 11.4 Å². The van der Waals surface area contributed by atoms with E-state index in [2.05, 4.69) is 6.92 Å². The second-order valence-electron chi connectivity index (χ2n) is 6.99. The van der Waals surface area contributed by atoms with Crippen LogP contribution in [0.5, 0.6) is 0 Å². The number of ether oxygens (including phenoxy) is 1. The number of hydrogen-bond acceptors (Lipinski definition) is 3. The molecule has 5 nitrogen and oxygen atoms in total. The van der Waals surface area contributed by atoms with Crippen LogP contribution in [0.25, 0.3) is 0 Å². The van der Waals surface area contributed by atoms with E-state index in [-0.39, 0.29) is 11.8 Å². The molecule has 0 saturated carbocycles. The topological polar surface area (TPSA) is 49.9 Å². The van der Waals surface area contributed by atoms with Gasteiger partial charge in [-0.2, -0.15) is 0 Å². The molecule has 2 aliphatic rings. The van der Waals surface area contributed by atoms with Gasteiger partial charge in [0.15, 0.2) is 0 Å². The Morgan fingerprint density at radius 2 is 1.29 bits per heavy atom. The largest absolute Gasteiger partial charge is 0.381 e. The maximum Gasteiger partial charge on any atom is 0.258 e. The number of carbonyl (C=O) groups excluding carboxylic acids is 2. The van der Waals surface area contributed by atoms with Crippen molar-refractivity contribution < 1.29 is 14.3 Å². The van der Waals surface area contributed by atoms with Crippen molar-refractivity contribution in [3.63, 3.8) is 0 Å². The number of nitrogens with zero attached hydrogens (tertiary/aromatic N) is 2. The van der Waals surface area contributed by atoms with Crippen molar-refractivity contribution in [3.05, 3.63) is 60.7 Å². The second-order valence-corrected chi connectivity index (χ2v) is 6.99. The van der Waals surface area contributed by atoms with Crippen LogP contribution in [0.2, 0.25) is 0 Å². The molecule has 0 spiro atoms. The zero-order chi connectivity index (χ0) is 19.8. The number of carbonyl (C=O) groups is 2. The van der Waals surface area contributed by atoms with Crippen molar-refractivity contribution in [2.75, 3.05) is 23.2 Å². The highest BCUT2D eigenvalue weighted by Crippen LogP contribution is 2.33. The minimum atomic E-state index is -0.588. The number of para-hydroxylation sites is 2. The van der Waals surface area contributed by atoms with Gasteiger partial charge in [-0.1, -0.05) is 56.2 Å². The number of rotatable bonds is 5. The summed E-state index contributed by atoms with van der Waals surface area (Å²) in [5.41, 5.74) is 1.43. The third kappa shape index (κ3) is 4.60. The van der Waals surface area contributed by atoms with Crippen LogP contribution in [0.15, 0.2) is 60.7 Å². The first-order valence-corrected chi connectivity index (χ1v) is 10.1. The van der Waals surface area contributed by atoms with Crippen molar-refractivity contribution in [1.82, 2.24) is 0 Å². The molecular formula is C23H28N2O3. The van der Waals surface area contributed by atoms with E-state index in [1.165, 1.54) is 22.9 Å². The van der Waals surface area contributed by atoms with Gasteiger partial charge in [0.2, 0.25) is 0 Å². The summed E-state index contributed by atoms with van der Waals surface area (Å²) >= 11 is 0. The molecule has 4 rings (SSSR count). The molecule has 2 heterocycles. The number of unbranched alkanes of at least 4 members (excludes halogenated alkanes) is 1. The third-order valence-corrected chi connectivity index (χ3v) is 4.89. The predicted octanol–water partition coefficient (Wildman–Crippen LogP) is 4.58. The summed E-state index contributed by atoms with van der Waals surface area (Å²) < 4.78 is 4.94. The van der Waals surface area contributed by atoms with Crippen LogP contribution in [-0.2, 0) is 14.3 Å². The SMILES string of the molecule is C1CCOC1.CCCCC1C(=O)N(c2ccccc2)N(c2ccccc2)C1=O. The van der Waals surface area contributed by atoms with Crippen molar-refractivity contribution in [3.8, 4) is 0 Å². The smallest absolute Gasteiger partial charge is 0.258 e. The minimum Gasteiger partial charge on any atom is -0.381 e. The molecular weight excluding hydrogens is 352 g/mol. The van der Waals surface area contributed by atoms with E-state index in [1.54, 1.807) is 0 Å². The Morgan fingerprint density at radius 3 is 1.64 bits per heavy atom. The fourth-order valence-electron chi connectivity index (χ4n) is 3.39. The number of hydrazine groups is 1. The molecule has 0 aromatic heterocycles. The quantitative estimate of drug-likeness (QED) is 0.713. The van der Waals surface area contributed by atoms with E-state index in [4.69, 9.17) is 4.74 Å². The third-order valence-electron chi connectivity index (χ3n) is 4.89. The lowest BCUT2D eigenvalue weighted by Crippen LogP contribution is -2.41. The normalized spacial score (nSPS) is 17.0. The van der Waals surface area contributed by atoms with Crippen LogP contribution >= 0.6 is 0 Å². The Kier molecular flexibility index (Phi) is 7.20. The molecule has 2 aromatic rings. The molecule has 0 bridgehead atoms. The van der Waals surface area contributed by atoms with Gasteiger partial charge in [-0.3, -0.25) is 9.59 Å². The summed E-state index contributed by atoms with van der Waals surface area (Å²) in [4.78, 5) is 25.7. The monoisotopic (exact) mass is 380 g/mol. The molecule has 0 atom stereocenters. The van der Waals surface area contributed by atoms with Gasteiger partial charge in [-0.25, -0.2) is 10.0 Å². The van der Waals surface area contributed by atoms with Gasteiger partial charge in [0.1, 0.15) is 5.92 Å².